The van der Waals surface area contributed by atoms with Crippen molar-refractivity contribution < 1.29 is 18.0 Å². The number of aromatic nitrogens is 1. The zero-order valence-corrected chi connectivity index (χ0v) is 14.2. The number of alkyl halides is 3. The van der Waals surface area contributed by atoms with E-state index in [-0.39, 0.29) is 12.0 Å². The number of nitrogens with zero attached hydrogens (tertiary/aromatic N) is 1. The highest BCUT2D eigenvalue weighted by molar-refractivity contribution is 5.80. The maximum absolute atomic E-state index is 12.5. The van der Waals surface area contributed by atoms with E-state index in [2.05, 4.69) is 10.1 Å². The molecule has 1 heterocycles. The van der Waals surface area contributed by atoms with Crippen molar-refractivity contribution in [2.45, 2.75) is 33.4 Å². The number of oxime groups is 1. The van der Waals surface area contributed by atoms with E-state index < -0.39 is 11.7 Å². The molecule has 2 rings (SSSR count). The summed E-state index contributed by atoms with van der Waals surface area (Å²) in [6.07, 6.45) is -2.57. The molecule has 0 atom stereocenters. The molecule has 0 spiro atoms. The van der Waals surface area contributed by atoms with Gasteiger partial charge >= 0.3 is 6.18 Å². The van der Waals surface area contributed by atoms with Crippen LogP contribution >= 0.6 is 0 Å². The average Bonchev–Trinajstić information content (AvgIpc) is 2.55. The van der Waals surface area contributed by atoms with Gasteiger partial charge in [-0.25, -0.2) is 0 Å². The van der Waals surface area contributed by atoms with Gasteiger partial charge in [-0.2, -0.15) is 13.2 Å². The largest absolute Gasteiger partial charge is 0.416 e. The van der Waals surface area contributed by atoms with E-state index in [1.807, 2.05) is 6.92 Å². The van der Waals surface area contributed by atoms with E-state index in [1.54, 1.807) is 13.8 Å². The van der Waals surface area contributed by atoms with Gasteiger partial charge in [0.25, 0.3) is 0 Å². The molecule has 1 N–H and O–H groups in total. The molecule has 0 radical (unpaired) electrons. The van der Waals surface area contributed by atoms with Crippen molar-refractivity contribution in [3.05, 3.63) is 68.1 Å². The molecular formula is C18H19F3N2O2. The summed E-state index contributed by atoms with van der Waals surface area (Å²) < 4.78 is 37.4. The lowest BCUT2D eigenvalue weighted by molar-refractivity contribution is -0.137. The Morgan fingerprint density at radius 1 is 1.12 bits per heavy atom. The Hall–Kier alpha value is -2.57. The maximum Gasteiger partial charge on any atom is 0.416 e. The van der Waals surface area contributed by atoms with Gasteiger partial charge in [-0.15, -0.1) is 0 Å². The summed E-state index contributed by atoms with van der Waals surface area (Å²) in [4.78, 5) is 20.4. The van der Waals surface area contributed by atoms with Crippen LogP contribution in [-0.2, 0) is 17.4 Å². The van der Waals surface area contributed by atoms with Crippen molar-refractivity contribution in [3.8, 4) is 0 Å². The van der Waals surface area contributed by atoms with Gasteiger partial charge in [0, 0.05) is 23.4 Å². The number of benzene rings is 1. The van der Waals surface area contributed by atoms with E-state index in [0.717, 1.165) is 17.8 Å². The summed E-state index contributed by atoms with van der Waals surface area (Å²) in [6.45, 7) is 5.53. The Bertz CT molecular complexity index is 822. The minimum atomic E-state index is -4.34. The Morgan fingerprint density at radius 2 is 1.76 bits per heavy atom. The summed E-state index contributed by atoms with van der Waals surface area (Å²) in [7, 11) is 0. The number of H-pyrrole nitrogens is 1. The first-order valence-electron chi connectivity index (χ1n) is 7.71. The number of rotatable bonds is 5. The van der Waals surface area contributed by atoms with Gasteiger partial charge in [0.05, 0.1) is 17.3 Å². The number of nitrogens with one attached hydrogen (secondary N) is 1. The highest BCUT2D eigenvalue weighted by atomic mass is 19.4. The Labute approximate surface area is 143 Å². The number of hydrogen-bond acceptors (Lipinski definition) is 3. The van der Waals surface area contributed by atoms with Crippen molar-refractivity contribution in [1.82, 2.24) is 4.98 Å². The third kappa shape index (κ3) is 4.71. The van der Waals surface area contributed by atoms with Crippen LogP contribution in [0.5, 0.6) is 0 Å². The number of aryl methyl sites for hydroxylation is 2. The molecule has 0 bridgehead atoms. The van der Waals surface area contributed by atoms with Gasteiger partial charge in [-0.1, -0.05) is 17.3 Å². The first-order valence-corrected chi connectivity index (χ1v) is 7.71. The molecule has 2 aromatic rings. The SMILES string of the molecule is Cc1[nH]c(C)c(C=NOCCc2ccc(C(F)(F)F)cc2)c(=O)c1C. The Morgan fingerprint density at radius 3 is 2.36 bits per heavy atom. The zero-order chi connectivity index (χ0) is 18.6. The third-order valence-corrected chi connectivity index (χ3v) is 3.95. The predicted octanol–water partition coefficient (Wildman–Crippen LogP) is 3.91. The number of aromatic amines is 1. The summed E-state index contributed by atoms with van der Waals surface area (Å²) in [6, 6.07) is 4.90. The number of hydrogen-bond donors (Lipinski definition) is 1. The summed E-state index contributed by atoms with van der Waals surface area (Å²) in [5.74, 6) is 0. The molecule has 0 aliphatic heterocycles. The fraction of sp³-hybridized carbons (Fsp3) is 0.333. The van der Waals surface area contributed by atoms with E-state index in [0.29, 0.717) is 28.8 Å². The van der Waals surface area contributed by atoms with Gasteiger partial charge in [-0.05, 0) is 38.5 Å². The Kier molecular flexibility index (Phi) is 5.66. The predicted molar refractivity (Wildman–Crippen MR) is 90.0 cm³/mol. The first kappa shape index (κ1) is 18.8. The summed E-state index contributed by atoms with van der Waals surface area (Å²) >= 11 is 0. The summed E-state index contributed by atoms with van der Waals surface area (Å²) in [5.41, 5.74) is 2.48. The summed E-state index contributed by atoms with van der Waals surface area (Å²) in [5, 5.41) is 3.78. The van der Waals surface area contributed by atoms with E-state index in [1.165, 1.54) is 18.3 Å². The molecule has 0 fully saturated rings. The maximum atomic E-state index is 12.5. The minimum absolute atomic E-state index is 0.108. The lowest BCUT2D eigenvalue weighted by Crippen LogP contribution is -2.17. The van der Waals surface area contributed by atoms with Crippen molar-refractivity contribution in [2.75, 3.05) is 6.61 Å². The van der Waals surface area contributed by atoms with Crippen LogP contribution in [0.15, 0.2) is 34.2 Å². The molecule has 1 aromatic heterocycles. The second kappa shape index (κ2) is 7.55. The van der Waals surface area contributed by atoms with Gasteiger partial charge < -0.3 is 9.82 Å². The average molecular weight is 352 g/mol. The van der Waals surface area contributed by atoms with Crippen LogP contribution in [0.2, 0.25) is 0 Å². The quantitative estimate of drug-likeness (QED) is 0.504. The van der Waals surface area contributed by atoms with Crippen molar-refractivity contribution >= 4 is 6.21 Å². The molecule has 7 heteroatoms. The highest BCUT2D eigenvalue weighted by Gasteiger charge is 2.29. The first-order chi connectivity index (χ1) is 11.7. The zero-order valence-electron chi connectivity index (χ0n) is 14.2. The third-order valence-electron chi connectivity index (χ3n) is 3.95. The highest BCUT2D eigenvalue weighted by Crippen LogP contribution is 2.29. The van der Waals surface area contributed by atoms with Crippen LogP contribution in [-0.4, -0.2) is 17.8 Å². The Balaban J connectivity index is 1.93. The lowest BCUT2D eigenvalue weighted by atomic mass is 10.1. The smallest absolute Gasteiger partial charge is 0.395 e. The molecule has 0 unspecified atom stereocenters. The molecule has 0 aliphatic rings. The molecular weight excluding hydrogens is 333 g/mol. The van der Waals surface area contributed by atoms with Gasteiger partial charge in [0.15, 0.2) is 5.43 Å². The minimum Gasteiger partial charge on any atom is -0.395 e. The second-order valence-electron chi connectivity index (χ2n) is 5.76. The van der Waals surface area contributed by atoms with Crippen LogP contribution < -0.4 is 5.43 Å². The van der Waals surface area contributed by atoms with Gasteiger partial charge in [0.2, 0.25) is 0 Å². The van der Waals surface area contributed by atoms with E-state index >= 15 is 0 Å². The molecule has 0 saturated carbocycles. The van der Waals surface area contributed by atoms with Crippen LogP contribution in [0.3, 0.4) is 0 Å². The van der Waals surface area contributed by atoms with Gasteiger partial charge in [0.1, 0.15) is 6.61 Å². The monoisotopic (exact) mass is 352 g/mol. The van der Waals surface area contributed by atoms with Gasteiger partial charge in [-0.3, -0.25) is 4.79 Å². The molecule has 134 valence electrons. The van der Waals surface area contributed by atoms with Crippen molar-refractivity contribution in [3.63, 3.8) is 0 Å². The molecule has 25 heavy (non-hydrogen) atoms. The second-order valence-corrected chi connectivity index (χ2v) is 5.76. The molecule has 1 aromatic carbocycles. The number of pyridine rings is 1. The van der Waals surface area contributed by atoms with Crippen LogP contribution in [0, 0.1) is 20.8 Å². The van der Waals surface area contributed by atoms with E-state index in [9.17, 15) is 18.0 Å². The molecule has 0 saturated heterocycles. The van der Waals surface area contributed by atoms with Crippen LogP contribution in [0.1, 0.15) is 33.6 Å². The molecule has 0 amide bonds. The lowest BCUT2D eigenvalue weighted by Gasteiger charge is -2.07. The van der Waals surface area contributed by atoms with Crippen LogP contribution in [0.4, 0.5) is 13.2 Å². The van der Waals surface area contributed by atoms with E-state index in [4.69, 9.17) is 4.84 Å². The standard InChI is InChI=1S/C18H19F3N2O2/c1-11-12(2)23-13(3)16(17(11)24)10-22-25-9-8-14-4-6-15(7-5-14)18(19,20)21/h4-7,10H,8-9H2,1-3H3,(H,23,24). The molecule has 0 aliphatic carbocycles. The fourth-order valence-corrected chi connectivity index (χ4v) is 2.31. The topological polar surface area (TPSA) is 54.4 Å². The number of halogens is 3. The van der Waals surface area contributed by atoms with Crippen LogP contribution in [0.25, 0.3) is 0 Å². The normalized spacial score (nSPS) is 11.9. The van der Waals surface area contributed by atoms with Crippen molar-refractivity contribution in [2.24, 2.45) is 5.16 Å². The fourth-order valence-electron chi connectivity index (χ4n) is 2.31. The van der Waals surface area contributed by atoms with Crippen molar-refractivity contribution in [1.29, 1.82) is 0 Å². The molecule has 4 nitrogen and oxygen atoms in total.